The van der Waals surface area contributed by atoms with Crippen molar-refractivity contribution in [2.24, 2.45) is 0 Å². The summed E-state index contributed by atoms with van der Waals surface area (Å²) in [7, 11) is 0. The molecule has 0 aliphatic heterocycles. The Labute approximate surface area is 113 Å². The average Bonchev–Trinajstić information content (AvgIpc) is 2.41. The summed E-state index contributed by atoms with van der Waals surface area (Å²) in [6.45, 7) is 0. The standard InChI is InChI=1S/C13H8N2O3S/c14-8-9-5-6-12(10(7-9)15(17)18)19-13-4-2-1-3-11(13)16/h1-7,16H. The van der Waals surface area contributed by atoms with Crippen LogP contribution >= 0.6 is 11.8 Å². The molecule has 0 atom stereocenters. The van der Waals surface area contributed by atoms with Gasteiger partial charge in [-0.1, -0.05) is 23.9 Å². The second-order valence-corrected chi connectivity index (χ2v) is 4.70. The predicted octanol–water partition coefficient (Wildman–Crippen LogP) is 3.32. The third-order valence-corrected chi connectivity index (χ3v) is 3.50. The number of para-hydroxylation sites is 1. The molecule has 0 saturated heterocycles. The van der Waals surface area contributed by atoms with Crippen molar-refractivity contribution in [1.82, 2.24) is 0 Å². The number of rotatable bonds is 3. The van der Waals surface area contributed by atoms with Crippen LogP contribution in [-0.4, -0.2) is 10.0 Å². The first-order valence-electron chi connectivity index (χ1n) is 5.26. The highest BCUT2D eigenvalue weighted by Crippen LogP contribution is 2.38. The zero-order valence-corrected chi connectivity index (χ0v) is 10.4. The number of nitro benzene ring substituents is 1. The van der Waals surface area contributed by atoms with Gasteiger partial charge in [-0.2, -0.15) is 5.26 Å². The highest BCUT2D eigenvalue weighted by Gasteiger charge is 2.16. The Bertz CT molecular complexity index is 680. The summed E-state index contributed by atoms with van der Waals surface area (Å²) >= 11 is 1.09. The maximum atomic E-state index is 11.0. The van der Waals surface area contributed by atoms with Crippen molar-refractivity contribution >= 4 is 17.4 Å². The minimum atomic E-state index is -0.539. The molecule has 0 bridgehead atoms. The second kappa shape index (κ2) is 5.42. The summed E-state index contributed by atoms with van der Waals surface area (Å²) in [5, 5.41) is 29.4. The molecule has 0 spiro atoms. The molecule has 94 valence electrons. The molecule has 6 heteroatoms. The summed E-state index contributed by atoms with van der Waals surface area (Å²) in [5.41, 5.74) is 0.0839. The largest absolute Gasteiger partial charge is 0.507 e. The maximum Gasteiger partial charge on any atom is 0.284 e. The first-order valence-corrected chi connectivity index (χ1v) is 6.08. The lowest BCUT2D eigenvalue weighted by Crippen LogP contribution is -1.92. The maximum absolute atomic E-state index is 11.0. The van der Waals surface area contributed by atoms with E-state index in [1.807, 2.05) is 6.07 Å². The molecule has 0 amide bonds. The molecule has 0 radical (unpaired) electrons. The molecule has 0 heterocycles. The molecule has 2 rings (SSSR count). The van der Waals surface area contributed by atoms with Gasteiger partial charge < -0.3 is 5.11 Å². The lowest BCUT2D eigenvalue weighted by Gasteiger charge is -2.05. The predicted molar refractivity (Wildman–Crippen MR) is 70.0 cm³/mol. The Morgan fingerprint density at radius 1 is 1.21 bits per heavy atom. The van der Waals surface area contributed by atoms with Gasteiger partial charge in [-0.3, -0.25) is 10.1 Å². The van der Waals surface area contributed by atoms with E-state index in [0.29, 0.717) is 9.79 Å². The van der Waals surface area contributed by atoms with E-state index in [9.17, 15) is 15.2 Å². The van der Waals surface area contributed by atoms with E-state index in [1.54, 1.807) is 18.2 Å². The molecule has 1 N–H and O–H groups in total. The number of phenols is 1. The fraction of sp³-hybridized carbons (Fsp3) is 0. The van der Waals surface area contributed by atoms with E-state index in [2.05, 4.69) is 0 Å². The van der Waals surface area contributed by atoms with Crippen LogP contribution in [0.15, 0.2) is 52.3 Å². The van der Waals surface area contributed by atoms with Gasteiger partial charge in [0.05, 0.1) is 26.3 Å². The van der Waals surface area contributed by atoms with Gasteiger partial charge in [0.1, 0.15) is 5.75 Å². The Kier molecular flexibility index (Phi) is 3.68. The molecular formula is C13H8N2O3S. The van der Waals surface area contributed by atoms with E-state index < -0.39 is 4.92 Å². The zero-order valence-electron chi connectivity index (χ0n) is 9.61. The molecule has 0 aliphatic rings. The average molecular weight is 272 g/mol. The third-order valence-electron chi connectivity index (χ3n) is 2.37. The summed E-state index contributed by atoms with van der Waals surface area (Å²) in [4.78, 5) is 11.4. The Morgan fingerprint density at radius 3 is 2.58 bits per heavy atom. The van der Waals surface area contributed by atoms with Crippen molar-refractivity contribution in [2.75, 3.05) is 0 Å². The smallest absolute Gasteiger partial charge is 0.284 e. The number of phenolic OH excluding ortho intramolecular Hbond substituents is 1. The van der Waals surface area contributed by atoms with E-state index in [-0.39, 0.29) is 17.0 Å². The number of nitrogens with zero attached hydrogens (tertiary/aromatic N) is 2. The lowest BCUT2D eigenvalue weighted by atomic mass is 10.2. The van der Waals surface area contributed by atoms with Gasteiger partial charge in [-0.15, -0.1) is 0 Å². The van der Waals surface area contributed by atoms with Gasteiger partial charge in [0, 0.05) is 6.07 Å². The van der Waals surface area contributed by atoms with Gasteiger partial charge in [0.2, 0.25) is 0 Å². The van der Waals surface area contributed by atoms with Crippen LogP contribution in [0.3, 0.4) is 0 Å². The van der Waals surface area contributed by atoms with E-state index in [0.717, 1.165) is 11.8 Å². The lowest BCUT2D eigenvalue weighted by molar-refractivity contribution is -0.387. The number of hydrogen-bond donors (Lipinski definition) is 1. The molecule has 0 fully saturated rings. The van der Waals surface area contributed by atoms with Crippen LogP contribution in [0.5, 0.6) is 5.75 Å². The Morgan fingerprint density at radius 2 is 1.95 bits per heavy atom. The number of aromatic hydroxyl groups is 1. The summed E-state index contributed by atoms with van der Waals surface area (Å²) in [6.07, 6.45) is 0. The van der Waals surface area contributed by atoms with Gasteiger partial charge in [0.25, 0.3) is 5.69 Å². The van der Waals surface area contributed by atoms with E-state index in [1.165, 1.54) is 24.3 Å². The molecule has 2 aromatic carbocycles. The van der Waals surface area contributed by atoms with Crippen LogP contribution in [0.25, 0.3) is 0 Å². The quantitative estimate of drug-likeness (QED) is 0.684. The van der Waals surface area contributed by atoms with Gasteiger partial charge in [0.15, 0.2) is 0 Å². The minimum Gasteiger partial charge on any atom is -0.507 e. The molecule has 0 aromatic heterocycles. The van der Waals surface area contributed by atoms with Gasteiger partial charge in [-0.05, 0) is 24.3 Å². The molecular weight excluding hydrogens is 264 g/mol. The molecule has 19 heavy (non-hydrogen) atoms. The first kappa shape index (κ1) is 12.9. The van der Waals surface area contributed by atoms with E-state index in [4.69, 9.17) is 5.26 Å². The normalized spacial score (nSPS) is 9.84. The van der Waals surface area contributed by atoms with Crippen molar-refractivity contribution < 1.29 is 10.0 Å². The molecule has 0 unspecified atom stereocenters. The zero-order chi connectivity index (χ0) is 13.8. The van der Waals surface area contributed by atoms with Crippen LogP contribution in [-0.2, 0) is 0 Å². The monoisotopic (exact) mass is 272 g/mol. The molecule has 0 aliphatic carbocycles. The summed E-state index contributed by atoms with van der Waals surface area (Å²) in [5.74, 6) is 0.0613. The second-order valence-electron chi connectivity index (χ2n) is 3.62. The van der Waals surface area contributed by atoms with Crippen LogP contribution in [0.1, 0.15) is 5.56 Å². The third kappa shape index (κ3) is 2.84. The number of nitriles is 1. The van der Waals surface area contributed by atoms with Crippen molar-refractivity contribution in [2.45, 2.75) is 9.79 Å². The SMILES string of the molecule is N#Cc1ccc(Sc2ccccc2O)c([N+](=O)[O-])c1. The number of nitro groups is 1. The van der Waals surface area contributed by atoms with Crippen molar-refractivity contribution in [1.29, 1.82) is 5.26 Å². The minimum absolute atomic E-state index is 0.0613. The van der Waals surface area contributed by atoms with Crippen LogP contribution in [0.4, 0.5) is 5.69 Å². The molecule has 2 aromatic rings. The van der Waals surface area contributed by atoms with Gasteiger partial charge in [-0.25, -0.2) is 0 Å². The molecule has 0 saturated carbocycles. The van der Waals surface area contributed by atoms with Crippen molar-refractivity contribution in [3.8, 4) is 11.8 Å². The highest BCUT2D eigenvalue weighted by atomic mass is 32.2. The fourth-order valence-corrected chi connectivity index (χ4v) is 2.41. The summed E-state index contributed by atoms with van der Waals surface area (Å²) in [6, 6.07) is 12.7. The number of hydrogen-bond acceptors (Lipinski definition) is 5. The topological polar surface area (TPSA) is 87.2 Å². The fourth-order valence-electron chi connectivity index (χ4n) is 1.48. The highest BCUT2D eigenvalue weighted by molar-refractivity contribution is 7.99. The first-order chi connectivity index (χ1) is 9.11. The summed E-state index contributed by atoms with van der Waals surface area (Å²) < 4.78 is 0. The Hall–Kier alpha value is -2.52. The van der Waals surface area contributed by atoms with E-state index >= 15 is 0 Å². The van der Waals surface area contributed by atoms with Crippen LogP contribution in [0, 0.1) is 21.4 Å². The Balaban J connectivity index is 2.43. The molecule has 5 nitrogen and oxygen atoms in total. The van der Waals surface area contributed by atoms with Crippen molar-refractivity contribution in [3.63, 3.8) is 0 Å². The van der Waals surface area contributed by atoms with Crippen LogP contribution in [0.2, 0.25) is 0 Å². The van der Waals surface area contributed by atoms with Crippen molar-refractivity contribution in [3.05, 3.63) is 58.1 Å². The number of benzene rings is 2. The van der Waals surface area contributed by atoms with Gasteiger partial charge >= 0.3 is 0 Å². The van der Waals surface area contributed by atoms with Crippen LogP contribution < -0.4 is 0 Å².